The Morgan fingerprint density at radius 2 is 2.05 bits per heavy atom. The second-order valence-electron chi connectivity index (χ2n) is 6.60. The molecular weight excluding hydrogens is 268 g/mol. The minimum Gasteiger partial charge on any atom is -0.468 e. The summed E-state index contributed by atoms with van der Waals surface area (Å²) in [6, 6.07) is 3.82. The van der Waals surface area contributed by atoms with E-state index >= 15 is 0 Å². The van der Waals surface area contributed by atoms with Crippen molar-refractivity contribution in [2.45, 2.75) is 46.8 Å². The Labute approximate surface area is 127 Å². The van der Waals surface area contributed by atoms with Crippen molar-refractivity contribution in [2.24, 2.45) is 11.8 Å². The molecule has 0 saturated heterocycles. The maximum absolute atomic E-state index is 11.7. The topological polar surface area (TPSA) is 63.5 Å². The number of alkyl carbamates (subject to hydrolysis) is 1. The van der Waals surface area contributed by atoms with Crippen LogP contribution in [0.5, 0.6) is 0 Å². The Hall–Kier alpha value is -1.49. The van der Waals surface area contributed by atoms with Gasteiger partial charge in [-0.05, 0) is 44.7 Å². The molecule has 0 aliphatic rings. The van der Waals surface area contributed by atoms with E-state index in [1.54, 1.807) is 6.26 Å². The lowest BCUT2D eigenvalue weighted by Crippen LogP contribution is -2.39. The van der Waals surface area contributed by atoms with Crippen LogP contribution in [0.3, 0.4) is 0 Å². The van der Waals surface area contributed by atoms with E-state index in [1.165, 1.54) is 0 Å². The van der Waals surface area contributed by atoms with Crippen LogP contribution in [0.15, 0.2) is 22.8 Å². The molecule has 0 spiro atoms. The summed E-state index contributed by atoms with van der Waals surface area (Å²) in [5, 5.41) is 6.20. The van der Waals surface area contributed by atoms with Crippen LogP contribution in [-0.4, -0.2) is 24.8 Å². The lowest BCUT2D eigenvalue weighted by atomic mass is 9.96. The summed E-state index contributed by atoms with van der Waals surface area (Å²) in [5.41, 5.74) is -0.463. The molecule has 1 rings (SSSR count). The van der Waals surface area contributed by atoms with Gasteiger partial charge >= 0.3 is 6.09 Å². The van der Waals surface area contributed by atoms with Gasteiger partial charge in [0.15, 0.2) is 0 Å². The van der Waals surface area contributed by atoms with Crippen molar-refractivity contribution in [1.82, 2.24) is 10.6 Å². The molecule has 0 saturated carbocycles. The quantitative estimate of drug-likeness (QED) is 0.811. The van der Waals surface area contributed by atoms with Gasteiger partial charge in [-0.2, -0.15) is 0 Å². The molecule has 1 aromatic rings. The smallest absolute Gasteiger partial charge is 0.407 e. The monoisotopic (exact) mass is 296 g/mol. The van der Waals surface area contributed by atoms with Gasteiger partial charge in [0.05, 0.1) is 12.8 Å². The third-order valence-corrected chi connectivity index (χ3v) is 3.14. The highest BCUT2D eigenvalue weighted by Gasteiger charge is 2.19. The van der Waals surface area contributed by atoms with Gasteiger partial charge in [0.25, 0.3) is 0 Å². The lowest BCUT2D eigenvalue weighted by molar-refractivity contribution is 0.0514. The Bertz CT molecular complexity index is 408. The van der Waals surface area contributed by atoms with Gasteiger partial charge < -0.3 is 19.8 Å². The van der Waals surface area contributed by atoms with Gasteiger partial charge in [-0.15, -0.1) is 0 Å². The molecule has 1 atom stereocenters. The van der Waals surface area contributed by atoms with E-state index in [1.807, 2.05) is 32.9 Å². The Morgan fingerprint density at radius 3 is 2.57 bits per heavy atom. The normalized spacial score (nSPS) is 13.2. The van der Waals surface area contributed by atoms with E-state index in [4.69, 9.17) is 9.15 Å². The second kappa shape index (κ2) is 8.08. The zero-order valence-corrected chi connectivity index (χ0v) is 13.7. The fraction of sp³-hybridized carbons (Fsp3) is 0.688. The highest BCUT2D eigenvalue weighted by atomic mass is 16.6. The molecule has 1 heterocycles. The molecule has 0 aliphatic heterocycles. The first kappa shape index (κ1) is 17.6. The van der Waals surface area contributed by atoms with Crippen LogP contribution in [-0.2, 0) is 11.3 Å². The van der Waals surface area contributed by atoms with Crippen molar-refractivity contribution in [3.63, 3.8) is 0 Å². The van der Waals surface area contributed by atoms with Crippen LogP contribution in [0.4, 0.5) is 4.79 Å². The van der Waals surface area contributed by atoms with E-state index in [0.29, 0.717) is 24.9 Å². The number of amides is 1. The fourth-order valence-corrected chi connectivity index (χ4v) is 1.87. The predicted octanol–water partition coefficient (Wildman–Crippen LogP) is 3.17. The van der Waals surface area contributed by atoms with Crippen molar-refractivity contribution in [2.75, 3.05) is 13.1 Å². The number of nitrogens with one attached hydrogen (secondary N) is 2. The highest BCUT2D eigenvalue weighted by Crippen LogP contribution is 2.11. The number of ether oxygens (including phenoxy) is 1. The third-order valence-electron chi connectivity index (χ3n) is 3.14. The molecule has 21 heavy (non-hydrogen) atoms. The summed E-state index contributed by atoms with van der Waals surface area (Å²) in [7, 11) is 0. The summed E-state index contributed by atoms with van der Waals surface area (Å²) >= 11 is 0. The highest BCUT2D eigenvalue weighted by molar-refractivity contribution is 5.67. The average molecular weight is 296 g/mol. The van der Waals surface area contributed by atoms with Gasteiger partial charge in [-0.3, -0.25) is 0 Å². The van der Waals surface area contributed by atoms with Crippen molar-refractivity contribution in [3.8, 4) is 0 Å². The van der Waals surface area contributed by atoms with E-state index in [9.17, 15) is 4.79 Å². The summed E-state index contributed by atoms with van der Waals surface area (Å²) in [5.74, 6) is 1.72. The predicted molar refractivity (Wildman–Crippen MR) is 83.0 cm³/mol. The van der Waals surface area contributed by atoms with Crippen molar-refractivity contribution >= 4 is 6.09 Å². The molecule has 0 radical (unpaired) electrons. The minimum atomic E-state index is -0.463. The summed E-state index contributed by atoms with van der Waals surface area (Å²) < 4.78 is 10.5. The molecule has 0 aromatic carbocycles. The first-order valence-electron chi connectivity index (χ1n) is 7.48. The maximum atomic E-state index is 11.7. The maximum Gasteiger partial charge on any atom is 0.407 e. The van der Waals surface area contributed by atoms with E-state index in [2.05, 4.69) is 24.5 Å². The Balaban J connectivity index is 2.31. The van der Waals surface area contributed by atoms with Gasteiger partial charge in [0.1, 0.15) is 11.4 Å². The number of carbonyl (C=O) groups excluding carboxylic acids is 1. The standard InChI is InChI=1S/C16H28N2O3/c1-12(2)13(9-17-11-14-7-6-8-20-14)10-18-15(19)21-16(3,4)5/h6-8,12-13,17H,9-11H2,1-5H3,(H,18,19). The summed E-state index contributed by atoms with van der Waals surface area (Å²) in [6.45, 7) is 12.0. The molecule has 0 bridgehead atoms. The number of hydrogen-bond acceptors (Lipinski definition) is 4. The molecule has 1 amide bonds. The largest absolute Gasteiger partial charge is 0.468 e. The first-order valence-corrected chi connectivity index (χ1v) is 7.48. The SMILES string of the molecule is CC(C)C(CNCc1ccco1)CNC(=O)OC(C)(C)C. The molecule has 0 aliphatic carbocycles. The summed E-state index contributed by atoms with van der Waals surface area (Å²) in [6.07, 6.45) is 1.31. The van der Waals surface area contributed by atoms with Crippen LogP contribution < -0.4 is 10.6 Å². The fourth-order valence-electron chi connectivity index (χ4n) is 1.87. The molecule has 120 valence electrons. The van der Waals surface area contributed by atoms with Gasteiger partial charge in [0.2, 0.25) is 0 Å². The molecule has 1 aromatic heterocycles. The Morgan fingerprint density at radius 1 is 1.33 bits per heavy atom. The second-order valence-corrected chi connectivity index (χ2v) is 6.60. The number of hydrogen-bond donors (Lipinski definition) is 2. The van der Waals surface area contributed by atoms with Crippen LogP contribution in [0.25, 0.3) is 0 Å². The minimum absolute atomic E-state index is 0.340. The number of rotatable bonds is 7. The molecule has 5 nitrogen and oxygen atoms in total. The van der Waals surface area contributed by atoms with Gasteiger partial charge in [0, 0.05) is 13.1 Å². The first-order chi connectivity index (χ1) is 9.78. The van der Waals surface area contributed by atoms with Crippen molar-refractivity contribution in [1.29, 1.82) is 0 Å². The molecule has 2 N–H and O–H groups in total. The molecule has 0 fully saturated rings. The van der Waals surface area contributed by atoms with Crippen molar-refractivity contribution < 1.29 is 13.9 Å². The summed E-state index contributed by atoms with van der Waals surface area (Å²) in [4.78, 5) is 11.7. The Kier molecular flexibility index (Phi) is 6.75. The number of carbonyl (C=O) groups is 1. The van der Waals surface area contributed by atoms with E-state index in [0.717, 1.165) is 12.3 Å². The van der Waals surface area contributed by atoms with Crippen LogP contribution in [0.2, 0.25) is 0 Å². The van der Waals surface area contributed by atoms with E-state index in [-0.39, 0.29) is 6.09 Å². The van der Waals surface area contributed by atoms with Crippen LogP contribution in [0, 0.1) is 11.8 Å². The number of furan rings is 1. The van der Waals surface area contributed by atoms with E-state index < -0.39 is 5.60 Å². The average Bonchev–Trinajstić information content (AvgIpc) is 2.83. The zero-order valence-electron chi connectivity index (χ0n) is 13.7. The van der Waals surface area contributed by atoms with Crippen LogP contribution >= 0.6 is 0 Å². The molecular formula is C16H28N2O3. The zero-order chi connectivity index (χ0) is 15.9. The molecule has 5 heteroatoms. The van der Waals surface area contributed by atoms with Crippen LogP contribution in [0.1, 0.15) is 40.4 Å². The third kappa shape index (κ3) is 7.75. The molecule has 1 unspecified atom stereocenters. The van der Waals surface area contributed by atoms with Gasteiger partial charge in [-0.1, -0.05) is 13.8 Å². The lowest BCUT2D eigenvalue weighted by Gasteiger charge is -2.24. The van der Waals surface area contributed by atoms with Crippen molar-refractivity contribution in [3.05, 3.63) is 24.2 Å². The van der Waals surface area contributed by atoms with Gasteiger partial charge in [-0.25, -0.2) is 4.79 Å².